The molecule has 0 bridgehead atoms. The Morgan fingerprint density at radius 2 is 1.70 bits per heavy atom. The van der Waals surface area contributed by atoms with E-state index in [0.717, 1.165) is 62.5 Å². The second kappa shape index (κ2) is 11.8. The first-order valence-corrected chi connectivity index (χ1v) is 11.9. The number of hydrogen-bond donors (Lipinski definition) is 1. The number of nitrogens with one attached hydrogen (secondary N) is 1. The van der Waals surface area contributed by atoms with Crippen LogP contribution in [0.1, 0.15) is 37.0 Å². The van der Waals surface area contributed by atoms with Gasteiger partial charge in [-0.3, -0.25) is 19.4 Å². The maximum atomic E-state index is 13.2. The molecule has 4 rings (SSSR count). The van der Waals surface area contributed by atoms with Crippen LogP contribution >= 0.6 is 0 Å². The molecule has 7 heteroatoms. The van der Waals surface area contributed by atoms with Crippen LogP contribution in [0.25, 0.3) is 0 Å². The van der Waals surface area contributed by atoms with Gasteiger partial charge in [-0.05, 0) is 43.4 Å². The quantitative estimate of drug-likeness (QED) is 0.636. The van der Waals surface area contributed by atoms with Gasteiger partial charge in [-0.25, -0.2) is 0 Å². The summed E-state index contributed by atoms with van der Waals surface area (Å²) in [5.41, 5.74) is 2.22. The van der Waals surface area contributed by atoms with E-state index in [9.17, 15) is 9.59 Å². The van der Waals surface area contributed by atoms with E-state index in [2.05, 4.69) is 21.2 Å². The molecule has 1 saturated heterocycles. The second-order valence-electron chi connectivity index (χ2n) is 8.82. The zero-order valence-corrected chi connectivity index (χ0v) is 19.2. The molecule has 1 N–H and O–H groups in total. The SMILES string of the molecule is O=C(CN1CCN(CC(=O)N(Cc2ccco2)C2=CCCCC2)CC1)NCc1ccccc1. The van der Waals surface area contributed by atoms with Crippen LogP contribution in [0, 0.1) is 0 Å². The molecule has 0 saturated carbocycles. The summed E-state index contributed by atoms with van der Waals surface area (Å²) in [6.45, 7) is 4.96. The molecule has 176 valence electrons. The fourth-order valence-electron chi connectivity index (χ4n) is 4.41. The Morgan fingerprint density at radius 1 is 0.939 bits per heavy atom. The molecule has 1 fully saturated rings. The molecule has 1 aromatic heterocycles. The van der Waals surface area contributed by atoms with Crippen molar-refractivity contribution in [1.82, 2.24) is 20.0 Å². The van der Waals surface area contributed by atoms with Gasteiger partial charge in [-0.15, -0.1) is 0 Å². The van der Waals surface area contributed by atoms with Crippen LogP contribution in [-0.4, -0.2) is 65.8 Å². The summed E-state index contributed by atoms with van der Waals surface area (Å²) >= 11 is 0. The maximum Gasteiger partial charge on any atom is 0.241 e. The van der Waals surface area contributed by atoms with Gasteiger partial charge in [0.25, 0.3) is 0 Å². The molecular formula is C26H34N4O3. The predicted molar refractivity (Wildman–Crippen MR) is 127 cm³/mol. The first kappa shape index (κ1) is 23.3. The highest BCUT2D eigenvalue weighted by Crippen LogP contribution is 2.23. The molecule has 2 heterocycles. The van der Waals surface area contributed by atoms with Crippen molar-refractivity contribution >= 4 is 11.8 Å². The maximum absolute atomic E-state index is 13.2. The highest BCUT2D eigenvalue weighted by atomic mass is 16.3. The van der Waals surface area contributed by atoms with Gasteiger partial charge in [0.05, 0.1) is 25.9 Å². The van der Waals surface area contributed by atoms with E-state index in [-0.39, 0.29) is 11.8 Å². The lowest BCUT2D eigenvalue weighted by Crippen LogP contribution is -2.51. The number of hydrogen-bond acceptors (Lipinski definition) is 5. The lowest BCUT2D eigenvalue weighted by molar-refractivity contribution is -0.132. The van der Waals surface area contributed by atoms with E-state index >= 15 is 0 Å². The first-order chi connectivity index (χ1) is 16.2. The van der Waals surface area contributed by atoms with Crippen LogP contribution in [-0.2, 0) is 22.7 Å². The minimum atomic E-state index is 0.0391. The van der Waals surface area contributed by atoms with Crippen molar-refractivity contribution in [3.63, 3.8) is 0 Å². The van der Waals surface area contributed by atoms with Gasteiger partial charge in [-0.2, -0.15) is 0 Å². The number of amides is 2. The molecule has 2 amide bonds. The summed E-state index contributed by atoms with van der Waals surface area (Å²) in [6, 6.07) is 13.7. The Morgan fingerprint density at radius 3 is 2.36 bits per heavy atom. The third-order valence-corrected chi connectivity index (χ3v) is 6.33. The smallest absolute Gasteiger partial charge is 0.241 e. The van der Waals surface area contributed by atoms with Crippen molar-refractivity contribution in [1.29, 1.82) is 0 Å². The minimum absolute atomic E-state index is 0.0391. The normalized spacial score (nSPS) is 17.4. The van der Waals surface area contributed by atoms with Crippen molar-refractivity contribution < 1.29 is 14.0 Å². The van der Waals surface area contributed by atoms with E-state index in [4.69, 9.17) is 4.42 Å². The summed E-state index contributed by atoms with van der Waals surface area (Å²) < 4.78 is 5.51. The monoisotopic (exact) mass is 450 g/mol. The number of furan rings is 1. The average molecular weight is 451 g/mol. The van der Waals surface area contributed by atoms with Gasteiger partial charge >= 0.3 is 0 Å². The van der Waals surface area contributed by atoms with Crippen LogP contribution in [0.2, 0.25) is 0 Å². The number of piperazine rings is 1. The number of carbonyl (C=O) groups is 2. The summed E-state index contributed by atoms with van der Waals surface area (Å²) in [4.78, 5) is 31.8. The van der Waals surface area contributed by atoms with Crippen molar-refractivity contribution in [2.75, 3.05) is 39.3 Å². The zero-order valence-electron chi connectivity index (χ0n) is 19.2. The van der Waals surface area contributed by atoms with Gasteiger partial charge in [0, 0.05) is 38.4 Å². The topological polar surface area (TPSA) is 69.0 Å². The molecule has 0 unspecified atom stereocenters. The summed E-state index contributed by atoms with van der Waals surface area (Å²) in [7, 11) is 0. The molecule has 1 aromatic carbocycles. The van der Waals surface area contributed by atoms with Gasteiger partial charge in [0.1, 0.15) is 5.76 Å². The molecule has 2 aliphatic rings. The molecule has 0 atom stereocenters. The number of benzene rings is 1. The minimum Gasteiger partial charge on any atom is -0.467 e. The summed E-state index contributed by atoms with van der Waals surface area (Å²) in [6.07, 6.45) is 8.14. The predicted octanol–water partition coefficient (Wildman–Crippen LogP) is 3.00. The average Bonchev–Trinajstić information content (AvgIpc) is 3.37. The standard InChI is InChI=1S/C26H34N4O3/c31-25(27-18-22-8-3-1-4-9-22)20-28-13-15-29(16-14-28)21-26(32)30(19-24-12-7-17-33-24)23-10-5-2-6-11-23/h1,3-4,7-10,12,17H,2,5-6,11,13-16,18-21H2,(H,27,31). The van der Waals surface area contributed by atoms with Crippen molar-refractivity contribution in [3.8, 4) is 0 Å². The lowest BCUT2D eigenvalue weighted by Gasteiger charge is -2.35. The van der Waals surface area contributed by atoms with Crippen molar-refractivity contribution in [2.24, 2.45) is 0 Å². The van der Waals surface area contributed by atoms with E-state index in [0.29, 0.717) is 26.2 Å². The van der Waals surface area contributed by atoms with Crippen LogP contribution < -0.4 is 5.32 Å². The van der Waals surface area contributed by atoms with Crippen LogP contribution in [0.15, 0.2) is 64.9 Å². The zero-order chi connectivity index (χ0) is 22.9. The lowest BCUT2D eigenvalue weighted by atomic mass is 10.0. The first-order valence-electron chi connectivity index (χ1n) is 11.9. The van der Waals surface area contributed by atoms with Crippen molar-refractivity contribution in [3.05, 3.63) is 71.8 Å². The molecule has 0 spiro atoms. The highest BCUT2D eigenvalue weighted by molar-refractivity contribution is 5.80. The van der Waals surface area contributed by atoms with E-state index in [1.807, 2.05) is 47.4 Å². The fraction of sp³-hybridized carbons (Fsp3) is 0.462. The molecule has 1 aliphatic carbocycles. The van der Waals surface area contributed by atoms with Gasteiger partial charge in [0.2, 0.25) is 11.8 Å². The fourth-order valence-corrected chi connectivity index (χ4v) is 4.41. The largest absolute Gasteiger partial charge is 0.467 e. The van der Waals surface area contributed by atoms with Gasteiger partial charge in [-0.1, -0.05) is 36.4 Å². The molecule has 1 aliphatic heterocycles. The Hall–Kier alpha value is -2.90. The van der Waals surface area contributed by atoms with E-state index < -0.39 is 0 Å². The van der Waals surface area contributed by atoms with Gasteiger partial charge in [0.15, 0.2) is 0 Å². The Labute approximate surface area is 196 Å². The number of allylic oxidation sites excluding steroid dienone is 2. The second-order valence-corrected chi connectivity index (χ2v) is 8.82. The van der Waals surface area contributed by atoms with Crippen molar-refractivity contribution in [2.45, 2.75) is 38.8 Å². The summed E-state index contributed by atoms with van der Waals surface area (Å²) in [5.74, 6) is 0.965. The van der Waals surface area contributed by atoms with E-state index in [1.165, 1.54) is 6.42 Å². The third-order valence-electron chi connectivity index (χ3n) is 6.33. The third kappa shape index (κ3) is 7.04. The Bertz CT molecular complexity index is 918. The summed E-state index contributed by atoms with van der Waals surface area (Å²) in [5, 5.41) is 2.99. The molecule has 0 radical (unpaired) electrons. The molecular weight excluding hydrogens is 416 g/mol. The van der Waals surface area contributed by atoms with E-state index in [1.54, 1.807) is 6.26 Å². The number of carbonyl (C=O) groups excluding carboxylic acids is 2. The van der Waals surface area contributed by atoms with Crippen LogP contribution in [0.5, 0.6) is 0 Å². The molecule has 33 heavy (non-hydrogen) atoms. The highest BCUT2D eigenvalue weighted by Gasteiger charge is 2.25. The Balaban J connectivity index is 1.23. The van der Waals surface area contributed by atoms with Gasteiger partial charge < -0.3 is 14.6 Å². The molecule has 2 aromatic rings. The molecule has 7 nitrogen and oxygen atoms in total. The number of nitrogens with zero attached hydrogens (tertiary/aromatic N) is 3. The van der Waals surface area contributed by atoms with Crippen LogP contribution in [0.3, 0.4) is 0 Å². The van der Waals surface area contributed by atoms with Crippen LogP contribution in [0.4, 0.5) is 0 Å². The Kier molecular flexibility index (Phi) is 8.33. The number of rotatable bonds is 9.